The van der Waals surface area contributed by atoms with Crippen molar-refractivity contribution in [3.05, 3.63) is 6.07 Å². The van der Waals surface area contributed by atoms with Crippen LogP contribution in [0.1, 0.15) is 0 Å². The van der Waals surface area contributed by atoms with Crippen LogP contribution in [0.3, 0.4) is 0 Å². The van der Waals surface area contributed by atoms with Crippen molar-refractivity contribution in [1.29, 1.82) is 0 Å². The lowest BCUT2D eigenvalue weighted by atomic mass is 10.2. The van der Waals surface area contributed by atoms with Crippen LogP contribution in [-0.4, -0.2) is 28.1 Å². The molecule has 1 aliphatic heterocycles. The molecule has 0 fully saturated rings. The number of rotatable bonds is 3. The fraction of sp³-hybridized carbons (Fsp3) is 0.400. The third-order valence-corrected chi connectivity index (χ3v) is 2.17. The molecule has 2 rings (SSSR count). The van der Waals surface area contributed by atoms with Gasteiger partial charge in [0.05, 0.1) is 21.3 Å². The van der Waals surface area contributed by atoms with E-state index in [1.807, 2.05) is 0 Å². The van der Waals surface area contributed by atoms with E-state index in [9.17, 15) is 0 Å². The minimum absolute atomic E-state index is 0.162. The molecule has 0 aromatic heterocycles. The number of benzene rings is 1. The molecule has 82 valence electrons. The van der Waals surface area contributed by atoms with E-state index in [0.29, 0.717) is 28.7 Å². The molecule has 5 heteroatoms. The van der Waals surface area contributed by atoms with Crippen molar-refractivity contribution in [3.8, 4) is 28.7 Å². The van der Waals surface area contributed by atoms with E-state index < -0.39 is 0 Å². The molecule has 1 aliphatic rings. The van der Waals surface area contributed by atoms with E-state index in [1.165, 1.54) is 0 Å². The molecule has 0 atom stereocenters. The predicted octanol–water partition coefficient (Wildman–Crippen LogP) is 1.44. The Morgan fingerprint density at radius 3 is 2.20 bits per heavy atom. The van der Waals surface area contributed by atoms with E-state index in [2.05, 4.69) is 0 Å². The molecule has 0 saturated heterocycles. The molecule has 0 N–H and O–H groups in total. The zero-order valence-electron chi connectivity index (χ0n) is 8.83. The molecule has 0 bridgehead atoms. The molecular weight excluding hydrogens is 200 g/mol. The Balaban J connectivity index is 2.60. The fourth-order valence-corrected chi connectivity index (χ4v) is 1.49. The summed E-state index contributed by atoms with van der Waals surface area (Å²) >= 11 is 0. The van der Waals surface area contributed by atoms with Gasteiger partial charge < -0.3 is 23.7 Å². The van der Waals surface area contributed by atoms with Crippen LogP contribution in [0.4, 0.5) is 0 Å². The van der Waals surface area contributed by atoms with Gasteiger partial charge in [0.25, 0.3) is 0 Å². The maximum atomic E-state index is 5.30. The second kappa shape index (κ2) is 3.76. The number of methoxy groups -OCH3 is 3. The van der Waals surface area contributed by atoms with Crippen LogP contribution in [0.25, 0.3) is 0 Å². The fourth-order valence-electron chi connectivity index (χ4n) is 1.49. The first kappa shape index (κ1) is 9.76. The number of fused-ring (bicyclic) bond motifs is 1. The smallest absolute Gasteiger partial charge is 0.231 e. The van der Waals surface area contributed by atoms with E-state index in [4.69, 9.17) is 23.7 Å². The van der Waals surface area contributed by atoms with Gasteiger partial charge in [0, 0.05) is 6.07 Å². The summed E-state index contributed by atoms with van der Waals surface area (Å²) in [4.78, 5) is 0. The van der Waals surface area contributed by atoms with Crippen LogP contribution >= 0.6 is 0 Å². The summed E-state index contributed by atoms with van der Waals surface area (Å²) in [5, 5.41) is 0. The lowest BCUT2D eigenvalue weighted by Gasteiger charge is -2.12. The van der Waals surface area contributed by atoms with Crippen LogP contribution in [0.5, 0.6) is 28.7 Å². The van der Waals surface area contributed by atoms with Crippen LogP contribution in [0.15, 0.2) is 6.07 Å². The number of ether oxygens (including phenoxy) is 5. The standard InChI is InChI=1S/C10H12O5/c1-11-6-4-7(12-2)9-10(8(6)13-3)15-5-14-9/h4H,5H2,1-3H3. The van der Waals surface area contributed by atoms with Gasteiger partial charge in [-0.05, 0) is 0 Å². The minimum Gasteiger partial charge on any atom is -0.493 e. The van der Waals surface area contributed by atoms with Crippen LogP contribution < -0.4 is 23.7 Å². The monoisotopic (exact) mass is 212 g/mol. The van der Waals surface area contributed by atoms with Crippen LogP contribution in [-0.2, 0) is 0 Å². The van der Waals surface area contributed by atoms with Crippen molar-refractivity contribution in [2.75, 3.05) is 28.1 Å². The van der Waals surface area contributed by atoms with Gasteiger partial charge in [-0.15, -0.1) is 0 Å². The van der Waals surface area contributed by atoms with Crippen molar-refractivity contribution < 1.29 is 23.7 Å². The lowest BCUT2D eigenvalue weighted by molar-refractivity contribution is 0.168. The molecular formula is C10H12O5. The summed E-state index contributed by atoms with van der Waals surface area (Å²) in [7, 11) is 4.66. The van der Waals surface area contributed by atoms with Gasteiger partial charge in [0.2, 0.25) is 24.0 Å². The van der Waals surface area contributed by atoms with Crippen LogP contribution in [0, 0.1) is 0 Å². The Bertz CT molecular complexity index is 375. The molecule has 0 amide bonds. The van der Waals surface area contributed by atoms with Crippen molar-refractivity contribution in [2.45, 2.75) is 0 Å². The molecule has 0 radical (unpaired) electrons. The lowest BCUT2D eigenvalue weighted by Crippen LogP contribution is -1.94. The topological polar surface area (TPSA) is 46.2 Å². The van der Waals surface area contributed by atoms with Crippen molar-refractivity contribution in [1.82, 2.24) is 0 Å². The molecule has 1 heterocycles. The summed E-state index contributed by atoms with van der Waals surface area (Å²) < 4.78 is 26.1. The summed E-state index contributed by atoms with van der Waals surface area (Å²) in [5.74, 6) is 2.72. The number of hydrogen-bond acceptors (Lipinski definition) is 5. The van der Waals surface area contributed by atoms with E-state index in [1.54, 1.807) is 27.4 Å². The highest BCUT2D eigenvalue weighted by atomic mass is 16.7. The Morgan fingerprint density at radius 2 is 1.60 bits per heavy atom. The molecule has 0 spiro atoms. The number of hydrogen-bond donors (Lipinski definition) is 0. The normalized spacial score (nSPS) is 12.5. The molecule has 15 heavy (non-hydrogen) atoms. The van der Waals surface area contributed by atoms with Crippen molar-refractivity contribution in [2.24, 2.45) is 0 Å². The van der Waals surface area contributed by atoms with Gasteiger partial charge in [-0.25, -0.2) is 0 Å². The molecule has 0 saturated carbocycles. The quantitative estimate of drug-likeness (QED) is 0.758. The second-order valence-corrected chi connectivity index (χ2v) is 2.88. The molecule has 1 aromatic rings. The second-order valence-electron chi connectivity index (χ2n) is 2.88. The Hall–Kier alpha value is -1.78. The summed E-state index contributed by atoms with van der Waals surface area (Å²) in [6.45, 7) is 0.162. The highest BCUT2D eigenvalue weighted by Crippen LogP contribution is 2.52. The largest absolute Gasteiger partial charge is 0.493 e. The van der Waals surface area contributed by atoms with Crippen molar-refractivity contribution in [3.63, 3.8) is 0 Å². The minimum atomic E-state index is 0.162. The maximum Gasteiger partial charge on any atom is 0.231 e. The summed E-state index contributed by atoms with van der Waals surface area (Å²) in [6.07, 6.45) is 0. The van der Waals surface area contributed by atoms with Gasteiger partial charge in [-0.3, -0.25) is 0 Å². The third kappa shape index (κ3) is 1.40. The van der Waals surface area contributed by atoms with Gasteiger partial charge in [-0.2, -0.15) is 0 Å². The molecule has 0 aliphatic carbocycles. The Labute approximate surface area is 87.5 Å². The summed E-state index contributed by atoms with van der Waals surface area (Å²) in [6, 6.07) is 1.70. The third-order valence-electron chi connectivity index (χ3n) is 2.17. The van der Waals surface area contributed by atoms with Gasteiger partial charge in [0.15, 0.2) is 11.5 Å². The highest BCUT2D eigenvalue weighted by Gasteiger charge is 2.27. The van der Waals surface area contributed by atoms with Gasteiger partial charge >= 0.3 is 0 Å². The first-order valence-electron chi connectivity index (χ1n) is 4.40. The molecule has 5 nitrogen and oxygen atoms in total. The molecule has 0 unspecified atom stereocenters. The average molecular weight is 212 g/mol. The SMILES string of the molecule is COc1cc(OC)c2c(c1OC)OCO2. The summed E-state index contributed by atoms with van der Waals surface area (Å²) in [5.41, 5.74) is 0. The van der Waals surface area contributed by atoms with E-state index in [-0.39, 0.29) is 6.79 Å². The van der Waals surface area contributed by atoms with E-state index in [0.717, 1.165) is 0 Å². The predicted molar refractivity (Wildman–Crippen MR) is 52.2 cm³/mol. The Kier molecular flexibility index (Phi) is 2.45. The zero-order chi connectivity index (χ0) is 10.8. The molecule has 1 aromatic carbocycles. The highest BCUT2D eigenvalue weighted by molar-refractivity contribution is 5.66. The first-order chi connectivity index (χ1) is 7.31. The maximum absolute atomic E-state index is 5.30. The Morgan fingerprint density at radius 1 is 0.933 bits per heavy atom. The zero-order valence-corrected chi connectivity index (χ0v) is 8.83. The van der Waals surface area contributed by atoms with Gasteiger partial charge in [-0.1, -0.05) is 0 Å². The van der Waals surface area contributed by atoms with E-state index >= 15 is 0 Å². The average Bonchev–Trinajstić information content (AvgIpc) is 2.75. The van der Waals surface area contributed by atoms with Crippen molar-refractivity contribution >= 4 is 0 Å². The van der Waals surface area contributed by atoms with Crippen LogP contribution in [0.2, 0.25) is 0 Å². The first-order valence-corrected chi connectivity index (χ1v) is 4.40. The van der Waals surface area contributed by atoms with Gasteiger partial charge in [0.1, 0.15) is 0 Å².